The van der Waals surface area contributed by atoms with Gasteiger partial charge in [0.25, 0.3) is 0 Å². The number of amides is 2. The second-order valence-electron chi connectivity index (χ2n) is 8.15. The lowest BCUT2D eigenvalue weighted by Crippen LogP contribution is -2.30. The third-order valence-corrected chi connectivity index (χ3v) is 6.34. The number of anilines is 1. The predicted molar refractivity (Wildman–Crippen MR) is 141 cm³/mol. The lowest BCUT2D eigenvalue weighted by atomic mass is 10.1. The third kappa shape index (κ3) is 6.36. The van der Waals surface area contributed by atoms with Crippen molar-refractivity contribution in [2.75, 3.05) is 18.1 Å². The maximum absolute atomic E-state index is 12.6. The average Bonchev–Trinajstić information content (AvgIpc) is 3.28. The summed E-state index contributed by atoms with van der Waals surface area (Å²) in [5.41, 5.74) is 4.92. The molecule has 3 aromatic carbocycles. The Labute approximate surface area is 219 Å². The van der Waals surface area contributed by atoms with E-state index in [4.69, 9.17) is 32.7 Å². The molecule has 1 heterocycles. The van der Waals surface area contributed by atoms with E-state index >= 15 is 0 Å². The quantitative estimate of drug-likeness (QED) is 0.296. The maximum Gasteiger partial charge on any atom is 0.245 e. The number of carbonyl (C=O) groups excluding carboxylic acids is 2. The molecule has 1 fully saturated rings. The van der Waals surface area contributed by atoms with Crippen molar-refractivity contribution in [3.63, 3.8) is 0 Å². The number of nitrogens with one attached hydrogen (secondary N) is 1. The number of hydrazone groups is 1. The number of hydrogen-bond donors (Lipinski definition) is 1. The van der Waals surface area contributed by atoms with Crippen LogP contribution < -0.4 is 19.8 Å². The second-order valence-corrected chi connectivity index (χ2v) is 8.97. The Hall–Kier alpha value is -3.55. The van der Waals surface area contributed by atoms with Gasteiger partial charge in [0.1, 0.15) is 6.61 Å². The summed E-state index contributed by atoms with van der Waals surface area (Å²) < 4.78 is 11.6. The molecule has 9 heteroatoms. The first-order valence-corrected chi connectivity index (χ1v) is 12.2. The van der Waals surface area contributed by atoms with Gasteiger partial charge in [-0.3, -0.25) is 9.59 Å². The van der Waals surface area contributed by atoms with E-state index in [9.17, 15) is 9.59 Å². The van der Waals surface area contributed by atoms with Crippen molar-refractivity contribution in [1.82, 2.24) is 5.43 Å². The van der Waals surface area contributed by atoms with Crippen LogP contribution in [0.3, 0.4) is 0 Å². The van der Waals surface area contributed by atoms with Crippen LogP contribution in [0.5, 0.6) is 11.5 Å². The van der Waals surface area contributed by atoms with E-state index in [-0.39, 0.29) is 18.2 Å². The smallest absolute Gasteiger partial charge is 0.245 e. The lowest BCUT2D eigenvalue weighted by Gasteiger charge is -2.16. The summed E-state index contributed by atoms with van der Waals surface area (Å²) in [6.45, 7) is 2.95. The van der Waals surface area contributed by atoms with Gasteiger partial charge in [0.2, 0.25) is 11.8 Å². The van der Waals surface area contributed by atoms with Crippen LogP contribution in [-0.4, -0.2) is 31.2 Å². The van der Waals surface area contributed by atoms with Crippen LogP contribution in [0, 0.1) is 5.92 Å². The van der Waals surface area contributed by atoms with Crippen LogP contribution in [0.2, 0.25) is 10.0 Å². The molecule has 1 aliphatic rings. The molecule has 4 rings (SSSR count). The zero-order chi connectivity index (χ0) is 25.5. The van der Waals surface area contributed by atoms with Crippen LogP contribution in [0.1, 0.15) is 24.5 Å². The third-order valence-electron chi connectivity index (χ3n) is 5.60. The molecule has 1 aliphatic heterocycles. The van der Waals surface area contributed by atoms with E-state index in [2.05, 4.69) is 10.5 Å². The van der Waals surface area contributed by atoms with Gasteiger partial charge in [-0.1, -0.05) is 47.5 Å². The Morgan fingerprint density at radius 2 is 1.86 bits per heavy atom. The van der Waals surface area contributed by atoms with Crippen LogP contribution in [0.25, 0.3) is 0 Å². The van der Waals surface area contributed by atoms with E-state index in [0.717, 1.165) is 11.3 Å². The highest BCUT2D eigenvalue weighted by molar-refractivity contribution is 6.42. The van der Waals surface area contributed by atoms with Gasteiger partial charge < -0.3 is 14.4 Å². The number of para-hydroxylation sites is 1. The number of nitrogens with zero attached hydrogens (tertiary/aromatic N) is 2. The fourth-order valence-corrected chi connectivity index (χ4v) is 4.11. The SMILES string of the molecule is CCOc1cc(/C=N\NC(=O)[C@@H]2CC(=O)N(c3ccccc3)C2)ccc1OCc1ccc(Cl)c(Cl)c1. The summed E-state index contributed by atoms with van der Waals surface area (Å²) >= 11 is 12.0. The van der Waals surface area contributed by atoms with Gasteiger partial charge in [0.15, 0.2) is 11.5 Å². The minimum absolute atomic E-state index is 0.0804. The number of benzene rings is 3. The Morgan fingerprint density at radius 1 is 1.06 bits per heavy atom. The number of rotatable bonds is 9. The van der Waals surface area contributed by atoms with Crippen molar-refractivity contribution in [2.45, 2.75) is 20.0 Å². The molecular weight excluding hydrogens is 501 g/mol. The molecular formula is C27H25Cl2N3O4. The monoisotopic (exact) mass is 525 g/mol. The summed E-state index contributed by atoms with van der Waals surface area (Å²) in [5.74, 6) is 0.265. The van der Waals surface area contributed by atoms with Crippen molar-refractivity contribution in [2.24, 2.45) is 11.0 Å². The lowest BCUT2D eigenvalue weighted by molar-refractivity contribution is -0.126. The zero-order valence-corrected chi connectivity index (χ0v) is 21.1. The van der Waals surface area contributed by atoms with E-state index in [1.165, 1.54) is 6.21 Å². The van der Waals surface area contributed by atoms with Gasteiger partial charge in [-0.2, -0.15) is 5.10 Å². The molecule has 186 valence electrons. The summed E-state index contributed by atoms with van der Waals surface area (Å²) in [4.78, 5) is 26.6. The van der Waals surface area contributed by atoms with E-state index in [1.54, 1.807) is 35.2 Å². The van der Waals surface area contributed by atoms with Crippen molar-refractivity contribution < 1.29 is 19.1 Å². The largest absolute Gasteiger partial charge is 0.490 e. The van der Waals surface area contributed by atoms with Crippen LogP contribution in [-0.2, 0) is 16.2 Å². The highest BCUT2D eigenvalue weighted by atomic mass is 35.5. The summed E-state index contributed by atoms with van der Waals surface area (Å²) in [7, 11) is 0. The highest BCUT2D eigenvalue weighted by Crippen LogP contribution is 2.30. The van der Waals surface area contributed by atoms with Crippen molar-refractivity contribution in [3.05, 3.63) is 87.9 Å². The number of halogens is 2. The van der Waals surface area contributed by atoms with Crippen LogP contribution in [0.4, 0.5) is 5.69 Å². The molecule has 1 N–H and O–H groups in total. The molecule has 0 spiro atoms. The number of hydrogen-bond acceptors (Lipinski definition) is 5. The molecule has 0 aliphatic carbocycles. The first-order valence-electron chi connectivity index (χ1n) is 11.5. The molecule has 1 atom stereocenters. The van der Waals surface area contributed by atoms with E-state index in [1.807, 2.05) is 43.3 Å². The molecule has 7 nitrogen and oxygen atoms in total. The van der Waals surface area contributed by atoms with E-state index < -0.39 is 5.92 Å². The number of carbonyl (C=O) groups is 2. The van der Waals surface area contributed by atoms with Gasteiger partial charge in [0.05, 0.1) is 28.8 Å². The summed E-state index contributed by atoms with van der Waals surface area (Å²) in [5, 5.41) is 5.02. The Balaban J connectivity index is 1.35. The molecule has 2 amide bonds. The second kappa shape index (κ2) is 11.9. The summed E-state index contributed by atoms with van der Waals surface area (Å²) in [6, 6.07) is 20.0. The molecule has 0 bridgehead atoms. The molecule has 36 heavy (non-hydrogen) atoms. The normalized spacial score (nSPS) is 15.4. The van der Waals surface area contributed by atoms with Crippen molar-refractivity contribution in [3.8, 4) is 11.5 Å². The van der Waals surface area contributed by atoms with E-state index in [0.29, 0.717) is 46.9 Å². The van der Waals surface area contributed by atoms with Gasteiger partial charge in [-0.15, -0.1) is 0 Å². The van der Waals surface area contributed by atoms with Crippen LogP contribution >= 0.6 is 23.2 Å². The minimum atomic E-state index is -0.467. The zero-order valence-electron chi connectivity index (χ0n) is 19.6. The van der Waals surface area contributed by atoms with Gasteiger partial charge in [-0.25, -0.2) is 5.43 Å². The van der Waals surface area contributed by atoms with Crippen molar-refractivity contribution in [1.29, 1.82) is 0 Å². The molecule has 0 radical (unpaired) electrons. The fraction of sp³-hybridized carbons (Fsp3) is 0.222. The Bertz CT molecular complexity index is 1270. The topological polar surface area (TPSA) is 80.2 Å². The van der Waals surface area contributed by atoms with Gasteiger partial charge >= 0.3 is 0 Å². The fourth-order valence-electron chi connectivity index (χ4n) is 3.79. The molecule has 3 aromatic rings. The molecule has 0 saturated carbocycles. The summed E-state index contributed by atoms with van der Waals surface area (Å²) in [6.07, 6.45) is 1.67. The first-order chi connectivity index (χ1) is 17.4. The Morgan fingerprint density at radius 3 is 2.61 bits per heavy atom. The standard InChI is InChI=1S/C27H25Cl2N3O4/c1-2-35-25-13-18(9-11-24(25)36-17-19-8-10-22(28)23(29)12-19)15-30-31-27(34)20-14-26(33)32(16-20)21-6-4-3-5-7-21/h3-13,15,20H,2,14,16-17H2,1H3,(H,31,34)/b30-15-/t20-/m1/s1. The molecule has 0 aromatic heterocycles. The highest BCUT2D eigenvalue weighted by Gasteiger charge is 2.35. The predicted octanol–water partition coefficient (Wildman–Crippen LogP) is 5.47. The van der Waals surface area contributed by atoms with Crippen LogP contribution in [0.15, 0.2) is 71.8 Å². The van der Waals surface area contributed by atoms with Gasteiger partial charge in [0, 0.05) is 18.7 Å². The molecule has 1 saturated heterocycles. The minimum Gasteiger partial charge on any atom is -0.490 e. The maximum atomic E-state index is 12.6. The van der Waals surface area contributed by atoms with Crippen molar-refractivity contribution >= 4 is 46.9 Å². The number of ether oxygens (including phenoxy) is 2. The molecule has 0 unspecified atom stereocenters. The average molecular weight is 526 g/mol. The first kappa shape index (κ1) is 25.5. The Kier molecular flexibility index (Phi) is 8.46. The van der Waals surface area contributed by atoms with Gasteiger partial charge in [-0.05, 0) is 60.5 Å².